The molecule has 0 unspecified atom stereocenters. The summed E-state index contributed by atoms with van der Waals surface area (Å²) in [6.07, 6.45) is 0.449. The molecule has 12 heteroatoms. The summed E-state index contributed by atoms with van der Waals surface area (Å²) in [6, 6.07) is 19.8. The highest BCUT2D eigenvalue weighted by Gasteiger charge is 2.55. The Labute approximate surface area is 238 Å². The lowest BCUT2D eigenvalue weighted by atomic mass is 9.86. The van der Waals surface area contributed by atoms with Crippen LogP contribution in [0.15, 0.2) is 77.7 Å². The third kappa shape index (κ3) is 5.40. The van der Waals surface area contributed by atoms with E-state index in [0.717, 1.165) is 28.9 Å². The number of hydrogen-bond donors (Lipinski definition) is 1. The zero-order valence-corrected chi connectivity index (χ0v) is 23.6. The van der Waals surface area contributed by atoms with E-state index in [1.165, 1.54) is 21.3 Å². The van der Waals surface area contributed by atoms with Gasteiger partial charge in [-0.15, -0.1) is 0 Å². The van der Waals surface area contributed by atoms with Crippen LogP contribution in [0.5, 0.6) is 0 Å². The highest BCUT2D eigenvalue weighted by molar-refractivity contribution is 7.89. The number of para-hydroxylation sites is 1. The molecule has 2 fully saturated rings. The van der Waals surface area contributed by atoms with Gasteiger partial charge < -0.3 is 15.1 Å². The van der Waals surface area contributed by atoms with E-state index in [1.54, 1.807) is 0 Å². The first-order valence-corrected chi connectivity index (χ1v) is 14.7. The molecule has 5 rings (SSSR count). The van der Waals surface area contributed by atoms with Crippen LogP contribution >= 0.6 is 0 Å². The number of nitro groups is 1. The van der Waals surface area contributed by atoms with Crippen LogP contribution < -0.4 is 10.2 Å². The molecule has 2 saturated heterocycles. The minimum atomic E-state index is -3.92. The summed E-state index contributed by atoms with van der Waals surface area (Å²) in [4.78, 5) is 40.8. The second-order valence-electron chi connectivity index (χ2n) is 10.4. The van der Waals surface area contributed by atoms with Crippen LogP contribution in [0.3, 0.4) is 0 Å². The molecule has 2 aliphatic heterocycles. The number of hydrogen-bond acceptors (Lipinski definition) is 7. The number of nitro benzene ring substituents is 1. The summed E-state index contributed by atoms with van der Waals surface area (Å²) in [6.45, 7) is 4.17. The number of nitrogens with one attached hydrogen (secondary N) is 1. The average Bonchev–Trinajstić information content (AvgIpc) is 3.21. The predicted octanol–water partition coefficient (Wildman–Crippen LogP) is 3.68. The number of nitrogens with zero attached hydrogens (tertiary/aromatic N) is 4. The number of sulfonamides is 1. The van der Waals surface area contributed by atoms with Gasteiger partial charge >= 0.3 is 0 Å². The van der Waals surface area contributed by atoms with Gasteiger partial charge in [-0.05, 0) is 74.2 Å². The maximum atomic E-state index is 14.0. The smallest absolute Gasteiger partial charge is 0.269 e. The lowest BCUT2D eigenvalue weighted by Crippen LogP contribution is -2.57. The number of non-ortho nitro benzene ring substituents is 1. The van der Waals surface area contributed by atoms with Crippen molar-refractivity contribution in [2.24, 2.45) is 0 Å². The highest BCUT2D eigenvalue weighted by atomic mass is 32.2. The fourth-order valence-corrected chi connectivity index (χ4v) is 6.94. The van der Waals surface area contributed by atoms with Gasteiger partial charge in [-0.3, -0.25) is 19.7 Å². The topological polar surface area (TPSA) is 133 Å². The van der Waals surface area contributed by atoms with E-state index in [4.69, 9.17) is 0 Å². The van der Waals surface area contributed by atoms with E-state index in [9.17, 15) is 28.1 Å². The molecule has 3 aromatic carbocycles. The van der Waals surface area contributed by atoms with Crippen LogP contribution in [0, 0.1) is 24.0 Å². The molecule has 0 atom stereocenters. The monoisotopic (exact) mass is 577 g/mol. The zero-order valence-electron chi connectivity index (χ0n) is 22.8. The molecule has 0 saturated carbocycles. The van der Waals surface area contributed by atoms with Crippen molar-refractivity contribution in [2.45, 2.75) is 37.1 Å². The summed E-state index contributed by atoms with van der Waals surface area (Å²) in [5.41, 5.74) is 2.42. The lowest BCUT2D eigenvalue weighted by molar-refractivity contribution is -0.384. The molecule has 2 heterocycles. The van der Waals surface area contributed by atoms with Crippen LogP contribution in [-0.4, -0.2) is 66.2 Å². The molecular weight excluding hydrogens is 546 g/mol. The number of piperidine rings is 1. The van der Waals surface area contributed by atoms with Crippen LogP contribution in [0.4, 0.5) is 17.1 Å². The van der Waals surface area contributed by atoms with Crippen LogP contribution in [-0.2, 0) is 19.6 Å². The van der Waals surface area contributed by atoms with Crippen molar-refractivity contribution in [2.75, 3.05) is 36.5 Å². The highest BCUT2D eigenvalue weighted by Crippen LogP contribution is 2.40. The van der Waals surface area contributed by atoms with E-state index in [1.807, 2.05) is 67.3 Å². The van der Waals surface area contributed by atoms with Crippen LogP contribution in [0.1, 0.15) is 24.0 Å². The Morgan fingerprint density at radius 3 is 2.24 bits per heavy atom. The van der Waals surface area contributed by atoms with E-state index in [2.05, 4.69) is 5.32 Å². The van der Waals surface area contributed by atoms with Gasteiger partial charge in [0.15, 0.2) is 0 Å². The molecule has 2 amide bonds. The Balaban J connectivity index is 1.35. The molecule has 0 aromatic heterocycles. The minimum absolute atomic E-state index is 0.0404. The van der Waals surface area contributed by atoms with Crippen LogP contribution in [0.25, 0.3) is 0 Å². The fraction of sp³-hybridized carbons (Fsp3) is 0.310. The Bertz CT molecular complexity index is 1590. The summed E-state index contributed by atoms with van der Waals surface area (Å²) in [7, 11) is -3.92. The standard InChI is InChI=1S/C29H31N5O6S/c1-21-8-9-23(18-22(21)2)30-27(35)19-31-20-33(24-6-4-3-5-7-24)29(28(31)36)14-16-32(17-15-29)41(39,40)26-12-10-25(11-13-26)34(37)38/h3-13,18H,14-17,19-20H2,1-2H3,(H,30,35). The van der Waals surface area contributed by atoms with Gasteiger partial charge in [-0.1, -0.05) is 24.3 Å². The number of benzene rings is 3. The van der Waals surface area contributed by atoms with Gasteiger partial charge in [0.25, 0.3) is 5.69 Å². The fourth-order valence-electron chi connectivity index (χ4n) is 5.50. The second-order valence-corrected chi connectivity index (χ2v) is 12.4. The molecular formula is C29H31N5O6S. The Kier molecular flexibility index (Phi) is 7.54. The number of amides is 2. The molecule has 11 nitrogen and oxygen atoms in total. The van der Waals surface area contributed by atoms with E-state index in [-0.39, 0.29) is 61.5 Å². The number of rotatable bonds is 7. The van der Waals surface area contributed by atoms with Crippen molar-refractivity contribution in [3.63, 3.8) is 0 Å². The van der Waals surface area contributed by atoms with Gasteiger partial charge in [0.1, 0.15) is 12.1 Å². The maximum Gasteiger partial charge on any atom is 0.269 e. The first-order chi connectivity index (χ1) is 19.5. The quantitative estimate of drug-likeness (QED) is 0.335. The summed E-state index contributed by atoms with van der Waals surface area (Å²) < 4.78 is 28.0. The summed E-state index contributed by atoms with van der Waals surface area (Å²) in [5, 5.41) is 13.9. The maximum absolute atomic E-state index is 14.0. The summed E-state index contributed by atoms with van der Waals surface area (Å²) >= 11 is 0. The molecule has 0 aliphatic carbocycles. The van der Waals surface area contributed by atoms with Crippen molar-refractivity contribution in [3.8, 4) is 0 Å². The molecule has 3 aromatic rings. The third-order valence-electron chi connectivity index (χ3n) is 7.94. The first kappa shape index (κ1) is 28.2. The Morgan fingerprint density at radius 2 is 1.63 bits per heavy atom. The van der Waals surface area contributed by atoms with Crippen molar-refractivity contribution < 1.29 is 22.9 Å². The van der Waals surface area contributed by atoms with E-state index in [0.29, 0.717) is 5.69 Å². The van der Waals surface area contributed by atoms with Gasteiger partial charge in [-0.25, -0.2) is 8.42 Å². The van der Waals surface area contributed by atoms with Gasteiger partial charge in [0, 0.05) is 36.6 Å². The lowest BCUT2D eigenvalue weighted by Gasteiger charge is -2.42. The largest absolute Gasteiger partial charge is 0.339 e. The second kappa shape index (κ2) is 10.9. The third-order valence-corrected chi connectivity index (χ3v) is 9.85. The first-order valence-electron chi connectivity index (χ1n) is 13.2. The molecule has 214 valence electrons. The Morgan fingerprint density at radius 1 is 0.976 bits per heavy atom. The number of aryl methyl sites for hydroxylation is 2. The number of carbonyl (C=O) groups excluding carboxylic acids is 2. The van der Waals surface area contributed by atoms with E-state index >= 15 is 0 Å². The predicted molar refractivity (Wildman–Crippen MR) is 154 cm³/mol. The molecule has 0 bridgehead atoms. The van der Waals surface area contributed by atoms with Crippen molar-refractivity contribution in [1.82, 2.24) is 9.21 Å². The van der Waals surface area contributed by atoms with Crippen LogP contribution in [0.2, 0.25) is 0 Å². The Hall–Kier alpha value is -4.29. The normalized spacial score (nSPS) is 17.2. The van der Waals surface area contributed by atoms with Gasteiger partial charge in [-0.2, -0.15) is 4.31 Å². The molecule has 1 N–H and O–H groups in total. The molecule has 1 spiro atoms. The van der Waals surface area contributed by atoms with E-state index < -0.39 is 20.5 Å². The zero-order chi connectivity index (χ0) is 29.4. The number of carbonyl (C=O) groups is 2. The van der Waals surface area contributed by atoms with Crippen molar-refractivity contribution >= 4 is 38.9 Å². The van der Waals surface area contributed by atoms with Crippen molar-refractivity contribution in [1.29, 1.82) is 0 Å². The minimum Gasteiger partial charge on any atom is -0.339 e. The van der Waals surface area contributed by atoms with Crippen molar-refractivity contribution in [3.05, 3.63) is 94.0 Å². The SMILES string of the molecule is Cc1ccc(NC(=O)CN2CN(c3ccccc3)C3(CCN(S(=O)(=O)c4ccc([N+](=O)[O-])cc4)CC3)C2=O)cc1C. The molecule has 2 aliphatic rings. The number of anilines is 2. The van der Waals surface area contributed by atoms with Gasteiger partial charge in [0.05, 0.1) is 16.5 Å². The summed E-state index contributed by atoms with van der Waals surface area (Å²) in [5.74, 6) is -0.533. The van der Waals surface area contributed by atoms with Gasteiger partial charge in [0.2, 0.25) is 21.8 Å². The average molecular weight is 578 g/mol. The molecule has 41 heavy (non-hydrogen) atoms. The molecule has 0 radical (unpaired) electrons.